The third kappa shape index (κ3) is 2.46. The molecule has 0 bridgehead atoms. The topological polar surface area (TPSA) is 91.4 Å². The molecule has 0 saturated carbocycles. The van der Waals surface area contributed by atoms with Crippen LogP contribution < -0.4 is 11.1 Å². The number of hydrogen-bond acceptors (Lipinski definition) is 5. The van der Waals surface area contributed by atoms with Crippen LogP contribution in [0, 0.1) is 0 Å². The third-order valence-corrected chi connectivity index (χ3v) is 2.57. The highest BCUT2D eigenvalue weighted by Gasteiger charge is 2.06. The molecular weight excluding hydrogens is 218 g/mol. The highest BCUT2D eigenvalue weighted by atomic mass is 16.3. The van der Waals surface area contributed by atoms with Gasteiger partial charge in [-0.05, 0) is 24.3 Å². The maximum Gasteiger partial charge on any atom is 0.0942 e. The first kappa shape index (κ1) is 11.6. The quantitative estimate of drug-likeness (QED) is 0.580. The molecule has 2 aromatic rings. The summed E-state index contributed by atoms with van der Waals surface area (Å²) in [6.07, 6.45) is 0.920. The lowest BCUT2D eigenvalue weighted by atomic mass is 10.1. The summed E-state index contributed by atoms with van der Waals surface area (Å²) in [6.45, 7) is -0.0193. The second-order valence-corrected chi connectivity index (χ2v) is 3.81. The van der Waals surface area contributed by atoms with Crippen LogP contribution in [0.15, 0.2) is 30.5 Å². The molecule has 0 aliphatic heterocycles. The summed E-state index contributed by atoms with van der Waals surface area (Å²) in [7, 11) is 0. The zero-order valence-corrected chi connectivity index (χ0v) is 9.30. The third-order valence-electron chi connectivity index (χ3n) is 2.57. The standard InChI is InChI=1S/C12H15N3O2/c13-12-9-2-1-5-14-10(9)3-4-11(12)15-6-8(17)7-16/h1-5,8,15-17H,6-7,13H2. The molecule has 2 rings (SSSR count). The Morgan fingerprint density at radius 2 is 2.18 bits per heavy atom. The largest absolute Gasteiger partial charge is 0.397 e. The summed E-state index contributed by atoms with van der Waals surface area (Å²) in [5.41, 5.74) is 8.16. The van der Waals surface area contributed by atoms with Gasteiger partial charge in [0.1, 0.15) is 0 Å². The number of nitrogens with two attached hydrogens (primary N) is 1. The van der Waals surface area contributed by atoms with Crippen molar-refractivity contribution >= 4 is 22.3 Å². The summed E-state index contributed by atoms with van der Waals surface area (Å²) in [5.74, 6) is 0. The molecule has 0 amide bonds. The molecule has 1 unspecified atom stereocenters. The van der Waals surface area contributed by atoms with Gasteiger partial charge in [-0.3, -0.25) is 4.98 Å². The molecule has 5 N–H and O–H groups in total. The molecule has 1 aromatic carbocycles. The average molecular weight is 233 g/mol. The van der Waals surface area contributed by atoms with Crippen molar-refractivity contribution < 1.29 is 10.2 Å². The Hall–Kier alpha value is -1.85. The van der Waals surface area contributed by atoms with Gasteiger partial charge in [0.15, 0.2) is 0 Å². The maximum atomic E-state index is 9.26. The maximum absolute atomic E-state index is 9.26. The van der Waals surface area contributed by atoms with Gasteiger partial charge >= 0.3 is 0 Å². The molecule has 5 nitrogen and oxygen atoms in total. The van der Waals surface area contributed by atoms with Gasteiger partial charge in [-0.25, -0.2) is 0 Å². The van der Waals surface area contributed by atoms with Crippen LogP contribution in [-0.2, 0) is 0 Å². The molecular formula is C12H15N3O2. The van der Waals surface area contributed by atoms with Crippen molar-refractivity contribution in [2.24, 2.45) is 0 Å². The molecule has 5 heteroatoms. The van der Waals surface area contributed by atoms with Crippen LogP contribution in [0.5, 0.6) is 0 Å². The first-order valence-corrected chi connectivity index (χ1v) is 5.38. The Balaban J connectivity index is 2.26. The predicted octanol–water partition coefficient (Wildman–Crippen LogP) is 0.582. The van der Waals surface area contributed by atoms with Crippen molar-refractivity contribution in [1.29, 1.82) is 0 Å². The van der Waals surface area contributed by atoms with E-state index >= 15 is 0 Å². The van der Waals surface area contributed by atoms with Gasteiger partial charge in [-0.1, -0.05) is 0 Å². The van der Waals surface area contributed by atoms with Gasteiger partial charge in [-0.15, -0.1) is 0 Å². The average Bonchev–Trinajstić information content (AvgIpc) is 2.38. The highest BCUT2D eigenvalue weighted by molar-refractivity contribution is 5.96. The van der Waals surface area contributed by atoms with Gasteiger partial charge in [-0.2, -0.15) is 0 Å². The van der Waals surface area contributed by atoms with Crippen molar-refractivity contribution in [2.45, 2.75) is 6.10 Å². The van der Waals surface area contributed by atoms with E-state index in [1.165, 1.54) is 0 Å². The fraction of sp³-hybridized carbons (Fsp3) is 0.250. The fourth-order valence-electron chi connectivity index (χ4n) is 1.62. The van der Waals surface area contributed by atoms with E-state index in [0.29, 0.717) is 5.69 Å². The number of rotatable bonds is 4. The second kappa shape index (κ2) is 4.99. The first-order chi connectivity index (χ1) is 8.22. The van der Waals surface area contributed by atoms with Gasteiger partial charge in [0, 0.05) is 18.1 Å². The molecule has 1 atom stereocenters. The monoisotopic (exact) mass is 233 g/mol. The number of nitrogens with zero attached hydrogens (tertiary/aromatic N) is 1. The SMILES string of the molecule is Nc1c(NCC(O)CO)ccc2ncccc12. The number of hydrogen-bond donors (Lipinski definition) is 4. The first-order valence-electron chi connectivity index (χ1n) is 5.38. The van der Waals surface area contributed by atoms with Crippen LogP contribution in [-0.4, -0.2) is 34.5 Å². The number of nitrogens with one attached hydrogen (secondary N) is 1. The molecule has 0 spiro atoms. The minimum Gasteiger partial charge on any atom is -0.397 e. The van der Waals surface area contributed by atoms with Crippen LogP contribution in [0.25, 0.3) is 10.9 Å². The number of benzene rings is 1. The molecule has 1 heterocycles. The molecule has 17 heavy (non-hydrogen) atoms. The number of aromatic nitrogens is 1. The lowest BCUT2D eigenvalue weighted by Gasteiger charge is -2.13. The smallest absolute Gasteiger partial charge is 0.0942 e. The zero-order chi connectivity index (χ0) is 12.3. The van der Waals surface area contributed by atoms with Gasteiger partial charge in [0.25, 0.3) is 0 Å². The van der Waals surface area contributed by atoms with E-state index in [1.54, 1.807) is 6.20 Å². The van der Waals surface area contributed by atoms with Crippen LogP contribution >= 0.6 is 0 Å². The number of pyridine rings is 1. The Kier molecular flexibility index (Phi) is 3.41. The Morgan fingerprint density at radius 1 is 1.35 bits per heavy atom. The summed E-state index contributed by atoms with van der Waals surface area (Å²) < 4.78 is 0. The number of aliphatic hydroxyl groups is 2. The van der Waals surface area contributed by atoms with Crippen molar-refractivity contribution in [3.8, 4) is 0 Å². The fourth-order valence-corrected chi connectivity index (χ4v) is 1.62. The summed E-state index contributed by atoms with van der Waals surface area (Å²) >= 11 is 0. The van der Waals surface area contributed by atoms with Gasteiger partial charge < -0.3 is 21.3 Å². The minimum atomic E-state index is -0.793. The molecule has 0 fully saturated rings. The van der Waals surface area contributed by atoms with Crippen LogP contribution in [0.2, 0.25) is 0 Å². The molecule has 90 valence electrons. The van der Waals surface area contributed by atoms with Crippen molar-refractivity contribution in [1.82, 2.24) is 4.98 Å². The van der Waals surface area contributed by atoms with Crippen LogP contribution in [0.3, 0.4) is 0 Å². The van der Waals surface area contributed by atoms with Crippen LogP contribution in [0.1, 0.15) is 0 Å². The number of aliphatic hydroxyl groups excluding tert-OH is 2. The second-order valence-electron chi connectivity index (χ2n) is 3.81. The van der Waals surface area contributed by atoms with Gasteiger partial charge in [0.2, 0.25) is 0 Å². The molecule has 1 aromatic heterocycles. The molecule has 0 aliphatic rings. The molecule has 0 aliphatic carbocycles. The zero-order valence-electron chi connectivity index (χ0n) is 9.30. The van der Waals surface area contributed by atoms with E-state index in [4.69, 9.17) is 10.8 Å². The molecule has 0 saturated heterocycles. The predicted molar refractivity (Wildman–Crippen MR) is 67.7 cm³/mol. The van der Waals surface area contributed by atoms with Crippen molar-refractivity contribution in [3.63, 3.8) is 0 Å². The Bertz CT molecular complexity index is 516. The van der Waals surface area contributed by atoms with Crippen molar-refractivity contribution in [2.75, 3.05) is 24.2 Å². The number of nitrogen functional groups attached to an aromatic ring is 1. The number of fused-ring (bicyclic) bond motifs is 1. The number of anilines is 2. The summed E-state index contributed by atoms with van der Waals surface area (Å²) in [5, 5.41) is 21.8. The van der Waals surface area contributed by atoms with E-state index in [-0.39, 0.29) is 13.2 Å². The van der Waals surface area contributed by atoms with E-state index in [9.17, 15) is 5.11 Å². The van der Waals surface area contributed by atoms with Crippen LogP contribution in [0.4, 0.5) is 11.4 Å². The summed E-state index contributed by atoms with van der Waals surface area (Å²) in [4.78, 5) is 4.20. The van der Waals surface area contributed by atoms with E-state index in [2.05, 4.69) is 10.3 Å². The lowest BCUT2D eigenvalue weighted by Crippen LogP contribution is -2.23. The van der Waals surface area contributed by atoms with E-state index in [1.807, 2.05) is 24.3 Å². The molecule has 0 radical (unpaired) electrons. The van der Waals surface area contributed by atoms with E-state index < -0.39 is 6.10 Å². The lowest BCUT2D eigenvalue weighted by molar-refractivity contribution is 0.105. The summed E-state index contributed by atoms with van der Waals surface area (Å²) in [6, 6.07) is 7.39. The van der Waals surface area contributed by atoms with Crippen molar-refractivity contribution in [3.05, 3.63) is 30.5 Å². The van der Waals surface area contributed by atoms with E-state index in [0.717, 1.165) is 16.6 Å². The van der Waals surface area contributed by atoms with Gasteiger partial charge in [0.05, 0.1) is 29.6 Å². The Morgan fingerprint density at radius 3 is 2.94 bits per heavy atom. The normalized spacial score (nSPS) is 12.6. The minimum absolute atomic E-state index is 0.256. The highest BCUT2D eigenvalue weighted by Crippen LogP contribution is 2.27. The Labute approximate surface area is 98.9 Å².